The molecule has 2 heteroatoms. The Bertz CT molecular complexity index is 163. The van der Waals surface area contributed by atoms with Gasteiger partial charge < -0.3 is 10.5 Å². The molecule has 0 aromatic carbocycles. The third kappa shape index (κ3) is 1.17. The zero-order valence-electron chi connectivity index (χ0n) is 7.88. The van der Waals surface area contributed by atoms with Crippen LogP contribution in [0.25, 0.3) is 0 Å². The smallest absolute Gasteiger partial charge is 0.0525 e. The van der Waals surface area contributed by atoms with E-state index >= 15 is 0 Å². The highest BCUT2D eigenvalue weighted by molar-refractivity contribution is 4.97. The van der Waals surface area contributed by atoms with E-state index in [-0.39, 0.29) is 0 Å². The lowest BCUT2D eigenvalue weighted by Crippen LogP contribution is -2.51. The molecule has 0 amide bonds. The lowest BCUT2D eigenvalue weighted by molar-refractivity contribution is -0.103. The number of rotatable bonds is 1. The largest absolute Gasteiger partial charge is 0.381 e. The zero-order valence-corrected chi connectivity index (χ0v) is 7.88. The molecule has 1 saturated carbocycles. The molecule has 0 bridgehead atoms. The molecule has 2 aliphatic rings. The van der Waals surface area contributed by atoms with Crippen molar-refractivity contribution < 1.29 is 4.74 Å². The SMILES string of the molecule is CC(N)C1CCOCC12CCC2. The van der Waals surface area contributed by atoms with Crippen LogP contribution in [0, 0.1) is 11.3 Å². The average molecular weight is 169 g/mol. The van der Waals surface area contributed by atoms with Gasteiger partial charge in [-0.1, -0.05) is 6.42 Å². The van der Waals surface area contributed by atoms with E-state index in [1.165, 1.54) is 25.7 Å². The van der Waals surface area contributed by atoms with Crippen molar-refractivity contribution in [3.8, 4) is 0 Å². The maximum Gasteiger partial charge on any atom is 0.0525 e. The van der Waals surface area contributed by atoms with Crippen LogP contribution in [0.2, 0.25) is 0 Å². The Hall–Kier alpha value is -0.0800. The first-order chi connectivity index (χ1) is 5.75. The molecule has 70 valence electrons. The van der Waals surface area contributed by atoms with E-state index < -0.39 is 0 Å². The molecule has 2 nitrogen and oxygen atoms in total. The Morgan fingerprint density at radius 3 is 2.67 bits per heavy atom. The molecule has 0 aromatic heterocycles. The van der Waals surface area contributed by atoms with Gasteiger partial charge in [-0.3, -0.25) is 0 Å². The Morgan fingerprint density at radius 2 is 2.25 bits per heavy atom. The molecule has 2 N–H and O–H groups in total. The van der Waals surface area contributed by atoms with Crippen LogP contribution < -0.4 is 5.73 Å². The summed E-state index contributed by atoms with van der Waals surface area (Å²) in [5, 5.41) is 0. The quantitative estimate of drug-likeness (QED) is 0.646. The molecule has 1 aliphatic heterocycles. The monoisotopic (exact) mass is 169 g/mol. The van der Waals surface area contributed by atoms with Gasteiger partial charge in [0.2, 0.25) is 0 Å². The van der Waals surface area contributed by atoms with Crippen LogP contribution in [0.4, 0.5) is 0 Å². The summed E-state index contributed by atoms with van der Waals surface area (Å²) in [5.74, 6) is 0.722. The fourth-order valence-corrected chi connectivity index (χ4v) is 2.87. The molecule has 1 spiro atoms. The summed E-state index contributed by atoms with van der Waals surface area (Å²) in [5.41, 5.74) is 6.49. The van der Waals surface area contributed by atoms with Gasteiger partial charge in [-0.15, -0.1) is 0 Å². The van der Waals surface area contributed by atoms with Crippen LogP contribution in [-0.4, -0.2) is 19.3 Å². The highest BCUT2D eigenvalue weighted by atomic mass is 16.5. The van der Waals surface area contributed by atoms with E-state index in [9.17, 15) is 0 Å². The molecule has 0 radical (unpaired) electrons. The van der Waals surface area contributed by atoms with E-state index in [0.717, 1.165) is 19.1 Å². The molecule has 2 rings (SSSR count). The van der Waals surface area contributed by atoms with Gasteiger partial charge in [-0.25, -0.2) is 0 Å². The number of hydrogen-bond acceptors (Lipinski definition) is 2. The molecule has 0 aromatic rings. The first kappa shape index (κ1) is 8.52. The van der Waals surface area contributed by atoms with Crippen LogP contribution in [0.15, 0.2) is 0 Å². The van der Waals surface area contributed by atoms with Gasteiger partial charge in [0.05, 0.1) is 6.61 Å². The molecule has 1 heterocycles. The number of ether oxygens (including phenoxy) is 1. The molecular formula is C10H19NO. The van der Waals surface area contributed by atoms with Gasteiger partial charge >= 0.3 is 0 Å². The number of nitrogens with two attached hydrogens (primary N) is 1. The molecule has 2 atom stereocenters. The third-order valence-corrected chi connectivity index (χ3v) is 3.73. The second-order valence-electron chi connectivity index (χ2n) is 4.52. The Kier molecular flexibility index (Phi) is 2.13. The van der Waals surface area contributed by atoms with Gasteiger partial charge in [0, 0.05) is 12.6 Å². The lowest BCUT2D eigenvalue weighted by Gasteiger charge is -2.51. The molecule has 2 fully saturated rings. The second-order valence-corrected chi connectivity index (χ2v) is 4.52. The molecule has 1 saturated heterocycles. The van der Waals surface area contributed by atoms with E-state index in [0.29, 0.717) is 11.5 Å². The van der Waals surface area contributed by atoms with Crippen molar-refractivity contribution in [1.82, 2.24) is 0 Å². The van der Waals surface area contributed by atoms with Crippen molar-refractivity contribution >= 4 is 0 Å². The first-order valence-corrected chi connectivity index (χ1v) is 5.08. The van der Waals surface area contributed by atoms with Gasteiger partial charge in [-0.2, -0.15) is 0 Å². The van der Waals surface area contributed by atoms with E-state index in [1.807, 2.05) is 0 Å². The highest BCUT2D eigenvalue weighted by Crippen LogP contribution is 2.51. The van der Waals surface area contributed by atoms with Crippen molar-refractivity contribution in [2.45, 2.75) is 38.6 Å². The zero-order chi connectivity index (χ0) is 8.60. The fourth-order valence-electron chi connectivity index (χ4n) is 2.87. The van der Waals surface area contributed by atoms with Crippen LogP contribution in [0.5, 0.6) is 0 Å². The van der Waals surface area contributed by atoms with Crippen LogP contribution in [-0.2, 0) is 4.74 Å². The van der Waals surface area contributed by atoms with E-state index in [1.54, 1.807) is 0 Å². The summed E-state index contributed by atoms with van der Waals surface area (Å²) in [7, 11) is 0. The minimum absolute atomic E-state index is 0.356. The van der Waals surface area contributed by atoms with Crippen molar-refractivity contribution in [3.63, 3.8) is 0 Å². The normalized spacial score (nSPS) is 36.0. The van der Waals surface area contributed by atoms with Crippen molar-refractivity contribution in [1.29, 1.82) is 0 Å². The van der Waals surface area contributed by atoms with Crippen molar-refractivity contribution in [2.24, 2.45) is 17.1 Å². The summed E-state index contributed by atoms with van der Waals surface area (Å²) in [4.78, 5) is 0. The minimum Gasteiger partial charge on any atom is -0.381 e. The molecular weight excluding hydrogens is 150 g/mol. The molecule has 12 heavy (non-hydrogen) atoms. The Morgan fingerprint density at radius 1 is 1.50 bits per heavy atom. The standard InChI is InChI=1S/C10H19NO/c1-8(11)9-3-6-12-7-10(9)4-2-5-10/h8-9H,2-7,11H2,1H3. The van der Waals surface area contributed by atoms with Gasteiger partial charge in [0.1, 0.15) is 0 Å². The summed E-state index contributed by atoms with van der Waals surface area (Å²) >= 11 is 0. The predicted molar refractivity (Wildman–Crippen MR) is 48.9 cm³/mol. The van der Waals surface area contributed by atoms with Crippen LogP contribution in [0.1, 0.15) is 32.6 Å². The van der Waals surface area contributed by atoms with Gasteiger partial charge in [-0.05, 0) is 37.5 Å². The van der Waals surface area contributed by atoms with Gasteiger partial charge in [0.15, 0.2) is 0 Å². The predicted octanol–water partition coefficient (Wildman–Crippen LogP) is 1.54. The third-order valence-electron chi connectivity index (χ3n) is 3.73. The molecule has 2 unspecified atom stereocenters. The highest BCUT2D eigenvalue weighted by Gasteiger charge is 2.47. The van der Waals surface area contributed by atoms with Crippen molar-refractivity contribution in [2.75, 3.05) is 13.2 Å². The minimum atomic E-state index is 0.356. The second kappa shape index (κ2) is 3.00. The van der Waals surface area contributed by atoms with E-state index in [4.69, 9.17) is 10.5 Å². The average Bonchev–Trinajstić information content (AvgIpc) is 2.01. The van der Waals surface area contributed by atoms with Crippen LogP contribution in [0.3, 0.4) is 0 Å². The summed E-state index contributed by atoms with van der Waals surface area (Å²) in [6.07, 6.45) is 5.25. The van der Waals surface area contributed by atoms with Gasteiger partial charge in [0.25, 0.3) is 0 Å². The first-order valence-electron chi connectivity index (χ1n) is 5.08. The maximum atomic E-state index is 6.00. The van der Waals surface area contributed by atoms with E-state index in [2.05, 4.69) is 6.92 Å². The lowest BCUT2D eigenvalue weighted by atomic mass is 9.58. The summed E-state index contributed by atoms with van der Waals surface area (Å²) in [6, 6.07) is 0.356. The number of hydrogen-bond donors (Lipinski definition) is 1. The summed E-state index contributed by atoms with van der Waals surface area (Å²) in [6.45, 7) is 4.04. The Labute approximate surface area is 74.5 Å². The topological polar surface area (TPSA) is 35.2 Å². The summed E-state index contributed by atoms with van der Waals surface area (Å²) < 4.78 is 5.55. The maximum absolute atomic E-state index is 6.00. The Balaban J connectivity index is 2.06. The van der Waals surface area contributed by atoms with Crippen LogP contribution >= 0.6 is 0 Å². The molecule has 1 aliphatic carbocycles. The fraction of sp³-hybridized carbons (Fsp3) is 1.00. The van der Waals surface area contributed by atoms with Crippen molar-refractivity contribution in [3.05, 3.63) is 0 Å².